The summed E-state index contributed by atoms with van der Waals surface area (Å²) in [5.74, 6) is 0.517. The number of sulfonamides is 1. The molecular weight excluding hydrogens is 324 g/mol. The van der Waals surface area contributed by atoms with Gasteiger partial charge in [-0.05, 0) is 33.4 Å². The molecule has 2 aromatic rings. The van der Waals surface area contributed by atoms with Crippen molar-refractivity contribution < 1.29 is 8.42 Å². The van der Waals surface area contributed by atoms with Gasteiger partial charge in [0.05, 0.1) is 12.4 Å². The predicted molar refractivity (Wildman–Crippen MR) is 92.9 cm³/mol. The number of hydrogen-bond donors (Lipinski definition) is 1. The lowest BCUT2D eigenvalue weighted by molar-refractivity contribution is 0.295. The van der Waals surface area contributed by atoms with Crippen LogP contribution in [0.1, 0.15) is 19.3 Å². The van der Waals surface area contributed by atoms with Gasteiger partial charge in [-0.3, -0.25) is 0 Å². The van der Waals surface area contributed by atoms with Crippen molar-refractivity contribution in [3.8, 4) is 11.4 Å². The maximum absolute atomic E-state index is 12.5. The molecule has 1 aliphatic carbocycles. The van der Waals surface area contributed by atoms with E-state index in [-0.39, 0.29) is 10.9 Å². The van der Waals surface area contributed by atoms with Gasteiger partial charge in [0.15, 0.2) is 5.82 Å². The molecule has 1 saturated carbocycles. The van der Waals surface area contributed by atoms with Gasteiger partial charge in [-0.1, -0.05) is 30.3 Å². The molecule has 0 bridgehead atoms. The minimum atomic E-state index is -3.59. The van der Waals surface area contributed by atoms with E-state index in [1.54, 1.807) is 0 Å². The zero-order valence-electron chi connectivity index (χ0n) is 13.9. The van der Waals surface area contributed by atoms with Gasteiger partial charge in [0.1, 0.15) is 4.90 Å². The van der Waals surface area contributed by atoms with Crippen LogP contribution in [0.5, 0.6) is 0 Å². The van der Waals surface area contributed by atoms with E-state index in [2.05, 4.69) is 19.6 Å². The quantitative estimate of drug-likeness (QED) is 0.895. The van der Waals surface area contributed by atoms with Crippen molar-refractivity contribution in [1.82, 2.24) is 19.6 Å². The second kappa shape index (κ2) is 6.96. The van der Waals surface area contributed by atoms with Crippen molar-refractivity contribution in [3.63, 3.8) is 0 Å². The average molecular weight is 346 g/mol. The van der Waals surface area contributed by atoms with Crippen LogP contribution in [0.4, 0.5) is 0 Å². The maximum Gasteiger partial charge on any atom is 0.243 e. The molecule has 1 aromatic carbocycles. The first-order valence-electron chi connectivity index (χ1n) is 8.02. The summed E-state index contributed by atoms with van der Waals surface area (Å²) in [7, 11) is 0.466. The molecule has 0 amide bonds. The first-order valence-corrected chi connectivity index (χ1v) is 9.50. The summed E-state index contributed by atoms with van der Waals surface area (Å²) in [4.78, 5) is 10.6. The third-order valence-electron chi connectivity index (χ3n) is 4.43. The van der Waals surface area contributed by atoms with Crippen LogP contribution in [0.2, 0.25) is 0 Å². The highest BCUT2D eigenvalue weighted by Gasteiger charge is 2.29. The van der Waals surface area contributed by atoms with Crippen LogP contribution < -0.4 is 4.72 Å². The highest BCUT2D eigenvalue weighted by Crippen LogP contribution is 2.24. The van der Waals surface area contributed by atoms with E-state index < -0.39 is 10.0 Å². The third kappa shape index (κ3) is 3.80. The smallest absolute Gasteiger partial charge is 0.243 e. The standard InChI is InChI=1S/C17H22N4O2S/c1-21(2)15-9-8-14(10-15)20-24(22,23)16-11-18-17(19-12-16)13-6-4-3-5-7-13/h3-7,11-12,14-15,20H,8-10H2,1-2H3/t14-,15+/m0/s1. The van der Waals surface area contributed by atoms with Gasteiger partial charge in [0, 0.05) is 17.6 Å². The van der Waals surface area contributed by atoms with Crippen molar-refractivity contribution in [1.29, 1.82) is 0 Å². The summed E-state index contributed by atoms with van der Waals surface area (Å²) >= 11 is 0. The second-order valence-corrected chi connectivity index (χ2v) is 8.07. The third-order valence-corrected chi connectivity index (χ3v) is 5.90. The van der Waals surface area contributed by atoms with Gasteiger partial charge in [-0.15, -0.1) is 0 Å². The molecule has 0 radical (unpaired) electrons. The molecule has 1 heterocycles. The van der Waals surface area contributed by atoms with E-state index in [1.807, 2.05) is 44.4 Å². The van der Waals surface area contributed by atoms with Crippen LogP contribution in [0.15, 0.2) is 47.6 Å². The topological polar surface area (TPSA) is 75.2 Å². The Kier molecular flexibility index (Phi) is 4.93. The molecule has 0 spiro atoms. The summed E-state index contributed by atoms with van der Waals surface area (Å²) in [6.07, 6.45) is 5.43. The number of hydrogen-bond acceptors (Lipinski definition) is 5. The molecule has 6 nitrogen and oxygen atoms in total. The van der Waals surface area contributed by atoms with Crippen LogP contribution in [0.25, 0.3) is 11.4 Å². The molecule has 3 rings (SSSR count). The fourth-order valence-corrected chi connectivity index (χ4v) is 4.18. The molecule has 0 saturated heterocycles. The summed E-state index contributed by atoms with van der Waals surface area (Å²) in [6, 6.07) is 9.88. The van der Waals surface area contributed by atoms with E-state index in [9.17, 15) is 8.42 Å². The molecule has 1 fully saturated rings. The number of nitrogens with zero attached hydrogens (tertiary/aromatic N) is 3. The van der Waals surface area contributed by atoms with Crippen molar-refractivity contribution in [2.45, 2.75) is 36.2 Å². The van der Waals surface area contributed by atoms with Gasteiger partial charge >= 0.3 is 0 Å². The molecule has 2 atom stereocenters. The van der Waals surface area contributed by atoms with Crippen molar-refractivity contribution >= 4 is 10.0 Å². The fraction of sp³-hybridized carbons (Fsp3) is 0.412. The Balaban J connectivity index is 1.71. The lowest BCUT2D eigenvalue weighted by Gasteiger charge is -2.19. The van der Waals surface area contributed by atoms with Crippen LogP contribution in [-0.4, -0.2) is 49.5 Å². The zero-order chi connectivity index (χ0) is 17.2. The molecule has 7 heteroatoms. The molecule has 24 heavy (non-hydrogen) atoms. The molecule has 1 aliphatic rings. The van der Waals surface area contributed by atoms with E-state index in [1.165, 1.54) is 12.4 Å². The van der Waals surface area contributed by atoms with Gasteiger partial charge < -0.3 is 4.90 Å². The Morgan fingerprint density at radius 3 is 2.33 bits per heavy atom. The summed E-state index contributed by atoms with van der Waals surface area (Å²) in [5.41, 5.74) is 0.860. The lowest BCUT2D eigenvalue weighted by atomic mass is 10.2. The fourth-order valence-electron chi connectivity index (χ4n) is 3.01. The summed E-state index contributed by atoms with van der Waals surface area (Å²) < 4.78 is 27.8. The van der Waals surface area contributed by atoms with Gasteiger partial charge in [-0.25, -0.2) is 23.1 Å². The molecule has 128 valence electrons. The number of rotatable bonds is 5. The van der Waals surface area contributed by atoms with Crippen molar-refractivity contribution in [2.24, 2.45) is 0 Å². The molecule has 1 aromatic heterocycles. The van der Waals surface area contributed by atoms with E-state index >= 15 is 0 Å². The predicted octanol–water partition coefficient (Wildman–Crippen LogP) is 1.90. The van der Waals surface area contributed by atoms with Gasteiger partial charge in [-0.2, -0.15) is 0 Å². The number of aromatic nitrogens is 2. The number of nitrogens with one attached hydrogen (secondary N) is 1. The Hall–Kier alpha value is -1.83. The number of benzene rings is 1. The van der Waals surface area contributed by atoms with Crippen LogP contribution in [0, 0.1) is 0 Å². The minimum absolute atomic E-state index is 0.0313. The normalized spacial score (nSPS) is 21.3. The largest absolute Gasteiger partial charge is 0.306 e. The highest BCUT2D eigenvalue weighted by molar-refractivity contribution is 7.89. The molecule has 0 aliphatic heterocycles. The first kappa shape index (κ1) is 17.0. The monoisotopic (exact) mass is 346 g/mol. The zero-order valence-corrected chi connectivity index (χ0v) is 14.7. The molecule has 1 N–H and O–H groups in total. The second-order valence-electron chi connectivity index (χ2n) is 6.36. The van der Waals surface area contributed by atoms with Crippen LogP contribution in [0.3, 0.4) is 0 Å². The van der Waals surface area contributed by atoms with Gasteiger partial charge in [0.2, 0.25) is 10.0 Å². The van der Waals surface area contributed by atoms with E-state index in [0.717, 1.165) is 24.8 Å². The Morgan fingerprint density at radius 1 is 1.08 bits per heavy atom. The highest BCUT2D eigenvalue weighted by atomic mass is 32.2. The SMILES string of the molecule is CN(C)[C@@H]1CC[C@H](NS(=O)(=O)c2cnc(-c3ccccc3)nc2)C1. The Bertz CT molecular complexity index is 776. The summed E-state index contributed by atoms with van der Waals surface area (Å²) in [6.45, 7) is 0. The summed E-state index contributed by atoms with van der Waals surface area (Å²) in [5, 5.41) is 0. The first-order chi connectivity index (χ1) is 11.5. The van der Waals surface area contributed by atoms with Crippen LogP contribution in [-0.2, 0) is 10.0 Å². The maximum atomic E-state index is 12.5. The van der Waals surface area contributed by atoms with Crippen molar-refractivity contribution in [2.75, 3.05) is 14.1 Å². The van der Waals surface area contributed by atoms with Crippen molar-refractivity contribution in [3.05, 3.63) is 42.7 Å². The Labute approximate surface area is 143 Å². The minimum Gasteiger partial charge on any atom is -0.306 e. The lowest BCUT2D eigenvalue weighted by Crippen LogP contribution is -2.35. The average Bonchev–Trinajstić information content (AvgIpc) is 3.04. The van der Waals surface area contributed by atoms with Gasteiger partial charge in [0.25, 0.3) is 0 Å². The molecule has 0 unspecified atom stereocenters. The van der Waals surface area contributed by atoms with E-state index in [4.69, 9.17) is 0 Å². The van der Waals surface area contributed by atoms with Crippen LogP contribution >= 0.6 is 0 Å². The molecular formula is C17H22N4O2S. The van der Waals surface area contributed by atoms with E-state index in [0.29, 0.717) is 11.9 Å². The Morgan fingerprint density at radius 2 is 1.75 bits per heavy atom.